The maximum atomic E-state index is 5.75. The molecule has 0 aliphatic carbocycles. The SMILES string of the molecule is CN1CCCC1CNc1cccnc1N. The third kappa shape index (κ3) is 2.39. The highest BCUT2D eigenvalue weighted by Gasteiger charge is 2.20. The van der Waals surface area contributed by atoms with Crippen molar-refractivity contribution in [2.45, 2.75) is 18.9 Å². The Kier molecular flexibility index (Phi) is 3.06. The molecule has 4 heteroatoms. The van der Waals surface area contributed by atoms with E-state index in [-0.39, 0.29) is 0 Å². The molecule has 0 amide bonds. The molecular formula is C11H18N4. The number of nitrogen functional groups attached to an aromatic ring is 1. The van der Waals surface area contributed by atoms with Crippen molar-refractivity contribution in [1.29, 1.82) is 0 Å². The van der Waals surface area contributed by atoms with E-state index in [0.717, 1.165) is 12.2 Å². The van der Waals surface area contributed by atoms with Crippen LogP contribution in [0.3, 0.4) is 0 Å². The first-order valence-corrected chi connectivity index (χ1v) is 5.42. The number of pyridine rings is 1. The van der Waals surface area contributed by atoms with Crippen LogP contribution in [0.25, 0.3) is 0 Å². The van der Waals surface area contributed by atoms with Gasteiger partial charge in [-0.15, -0.1) is 0 Å². The van der Waals surface area contributed by atoms with Crippen molar-refractivity contribution in [3.8, 4) is 0 Å². The molecule has 1 aromatic heterocycles. The second-order valence-corrected chi connectivity index (χ2v) is 4.09. The number of nitrogens with two attached hydrogens (primary N) is 1. The standard InChI is InChI=1S/C11H18N4/c1-15-7-3-4-9(15)8-14-10-5-2-6-13-11(10)12/h2,5-6,9,14H,3-4,7-8H2,1H3,(H2,12,13). The molecule has 0 bridgehead atoms. The predicted molar refractivity (Wildman–Crippen MR) is 62.8 cm³/mol. The lowest BCUT2D eigenvalue weighted by atomic mass is 10.2. The summed E-state index contributed by atoms with van der Waals surface area (Å²) in [6, 6.07) is 4.50. The smallest absolute Gasteiger partial charge is 0.146 e. The van der Waals surface area contributed by atoms with Crippen molar-refractivity contribution < 1.29 is 0 Å². The molecule has 3 N–H and O–H groups in total. The Morgan fingerprint density at radius 2 is 2.53 bits per heavy atom. The molecule has 1 aliphatic heterocycles. The zero-order valence-electron chi connectivity index (χ0n) is 9.11. The lowest BCUT2D eigenvalue weighted by Crippen LogP contribution is -2.31. The minimum Gasteiger partial charge on any atom is -0.382 e. The summed E-state index contributed by atoms with van der Waals surface area (Å²) in [5, 5.41) is 3.36. The Morgan fingerprint density at radius 3 is 3.20 bits per heavy atom. The van der Waals surface area contributed by atoms with Gasteiger partial charge in [-0.05, 0) is 38.6 Å². The first-order chi connectivity index (χ1) is 7.27. The largest absolute Gasteiger partial charge is 0.382 e. The second kappa shape index (κ2) is 4.49. The normalized spacial score (nSPS) is 21.8. The van der Waals surface area contributed by atoms with Crippen molar-refractivity contribution in [3.05, 3.63) is 18.3 Å². The zero-order chi connectivity index (χ0) is 10.7. The number of nitrogens with zero attached hydrogens (tertiary/aromatic N) is 2. The van der Waals surface area contributed by atoms with Gasteiger partial charge in [-0.3, -0.25) is 0 Å². The van der Waals surface area contributed by atoms with E-state index in [4.69, 9.17) is 5.73 Å². The lowest BCUT2D eigenvalue weighted by molar-refractivity contribution is 0.322. The van der Waals surface area contributed by atoms with Crippen LogP contribution in [-0.4, -0.2) is 36.1 Å². The van der Waals surface area contributed by atoms with Crippen LogP contribution in [0.15, 0.2) is 18.3 Å². The molecule has 0 saturated carbocycles. The van der Waals surface area contributed by atoms with E-state index in [1.165, 1.54) is 19.4 Å². The van der Waals surface area contributed by atoms with Crippen LogP contribution in [0.1, 0.15) is 12.8 Å². The highest BCUT2D eigenvalue weighted by molar-refractivity contribution is 5.60. The molecule has 15 heavy (non-hydrogen) atoms. The van der Waals surface area contributed by atoms with E-state index >= 15 is 0 Å². The third-order valence-electron chi connectivity index (χ3n) is 3.04. The summed E-state index contributed by atoms with van der Waals surface area (Å²) in [5.74, 6) is 0.582. The summed E-state index contributed by atoms with van der Waals surface area (Å²) in [7, 11) is 2.17. The fourth-order valence-corrected chi connectivity index (χ4v) is 2.03. The highest BCUT2D eigenvalue weighted by atomic mass is 15.2. The maximum absolute atomic E-state index is 5.75. The van der Waals surface area contributed by atoms with Gasteiger partial charge in [-0.25, -0.2) is 4.98 Å². The monoisotopic (exact) mass is 206 g/mol. The van der Waals surface area contributed by atoms with Gasteiger partial charge in [-0.1, -0.05) is 0 Å². The number of hydrogen-bond acceptors (Lipinski definition) is 4. The molecule has 0 spiro atoms. The fourth-order valence-electron chi connectivity index (χ4n) is 2.03. The Balaban J connectivity index is 1.90. The molecule has 1 atom stereocenters. The van der Waals surface area contributed by atoms with E-state index in [0.29, 0.717) is 11.9 Å². The number of likely N-dealkylation sites (N-methyl/N-ethyl adjacent to an activating group) is 1. The quantitative estimate of drug-likeness (QED) is 0.779. The van der Waals surface area contributed by atoms with Crippen molar-refractivity contribution in [3.63, 3.8) is 0 Å². The van der Waals surface area contributed by atoms with Crippen molar-refractivity contribution in [2.75, 3.05) is 31.2 Å². The average Bonchev–Trinajstić information content (AvgIpc) is 2.63. The van der Waals surface area contributed by atoms with Crippen molar-refractivity contribution >= 4 is 11.5 Å². The molecule has 1 saturated heterocycles. The lowest BCUT2D eigenvalue weighted by Gasteiger charge is -2.20. The maximum Gasteiger partial charge on any atom is 0.146 e. The van der Waals surface area contributed by atoms with Gasteiger partial charge >= 0.3 is 0 Å². The molecule has 1 fully saturated rings. The molecule has 1 aliphatic rings. The summed E-state index contributed by atoms with van der Waals surface area (Å²) in [4.78, 5) is 6.43. The van der Waals surface area contributed by atoms with E-state index in [1.54, 1.807) is 6.20 Å². The summed E-state index contributed by atoms with van der Waals surface area (Å²) in [5.41, 5.74) is 6.70. The minimum absolute atomic E-state index is 0.582. The summed E-state index contributed by atoms with van der Waals surface area (Å²) < 4.78 is 0. The van der Waals surface area contributed by atoms with Gasteiger partial charge in [0.15, 0.2) is 0 Å². The van der Waals surface area contributed by atoms with E-state index < -0.39 is 0 Å². The molecule has 1 unspecified atom stereocenters. The number of anilines is 2. The molecular weight excluding hydrogens is 188 g/mol. The molecule has 2 rings (SSSR count). The Labute approximate surface area is 90.5 Å². The molecule has 82 valence electrons. The Bertz CT molecular complexity index is 326. The number of rotatable bonds is 3. The van der Waals surface area contributed by atoms with Gasteiger partial charge < -0.3 is 16.0 Å². The van der Waals surface area contributed by atoms with Gasteiger partial charge in [-0.2, -0.15) is 0 Å². The van der Waals surface area contributed by atoms with Crippen LogP contribution in [0.5, 0.6) is 0 Å². The molecule has 0 radical (unpaired) electrons. The van der Waals surface area contributed by atoms with Crippen LogP contribution >= 0.6 is 0 Å². The van der Waals surface area contributed by atoms with Gasteiger partial charge in [0.25, 0.3) is 0 Å². The fraction of sp³-hybridized carbons (Fsp3) is 0.545. The number of hydrogen-bond donors (Lipinski definition) is 2. The summed E-state index contributed by atoms with van der Waals surface area (Å²) in [6.07, 6.45) is 4.28. The second-order valence-electron chi connectivity index (χ2n) is 4.09. The van der Waals surface area contributed by atoms with Crippen LogP contribution in [0, 0.1) is 0 Å². The number of likely N-dealkylation sites (tertiary alicyclic amines) is 1. The predicted octanol–water partition coefficient (Wildman–Crippen LogP) is 1.17. The molecule has 2 heterocycles. The Hall–Kier alpha value is -1.29. The van der Waals surface area contributed by atoms with Gasteiger partial charge in [0.2, 0.25) is 0 Å². The van der Waals surface area contributed by atoms with Crippen molar-refractivity contribution in [2.24, 2.45) is 0 Å². The first kappa shape index (κ1) is 10.2. The van der Waals surface area contributed by atoms with E-state index in [1.807, 2.05) is 12.1 Å². The number of aromatic nitrogens is 1. The van der Waals surface area contributed by atoms with Gasteiger partial charge in [0.1, 0.15) is 5.82 Å². The third-order valence-corrected chi connectivity index (χ3v) is 3.04. The molecule has 4 nitrogen and oxygen atoms in total. The van der Waals surface area contributed by atoms with Crippen LogP contribution in [-0.2, 0) is 0 Å². The van der Waals surface area contributed by atoms with E-state index in [2.05, 4.69) is 22.2 Å². The highest BCUT2D eigenvalue weighted by Crippen LogP contribution is 2.18. The zero-order valence-corrected chi connectivity index (χ0v) is 9.11. The molecule has 1 aromatic rings. The topological polar surface area (TPSA) is 54.2 Å². The first-order valence-electron chi connectivity index (χ1n) is 5.42. The Morgan fingerprint density at radius 1 is 1.67 bits per heavy atom. The summed E-state index contributed by atoms with van der Waals surface area (Å²) >= 11 is 0. The van der Waals surface area contributed by atoms with Gasteiger partial charge in [0.05, 0.1) is 5.69 Å². The van der Waals surface area contributed by atoms with Crippen LogP contribution < -0.4 is 11.1 Å². The summed E-state index contributed by atoms with van der Waals surface area (Å²) in [6.45, 7) is 2.15. The average molecular weight is 206 g/mol. The van der Waals surface area contributed by atoms with Gasteiger partial charge in [0, 0.05) is 18.8 Å². The number of nitrogens with one attached hydrogen (secondary N) is 1. The minimum atomic E-state index is 0.582. The van der Waals surface area contributed by atoms with E-state index in [9.17, 15) is 0 Å². The van der Waals surface area contributed by atoms with Crippen LogP contribution in [0.4, 0.5) is 11.5 Å². The van der Waals surface area contributed by atoms with Crippen LogP contribution in [0.2, 0.25) is 0 Å². The van der Waals surface area contributed by atoms with Crippen molar-refractivity contribution in [1.82, 2.24) is 9.88 Å². The molecule has 0 aromatic carbocycles.